The maximum absolute atomic E-state index is 11.6. The molecule has 1 aromatic rings. The Labute approximate surface area is 121 Å². The molecule has 0 N–H and O–H groups in total. The summed E-state index contributed by atoms with van der Waals surface area (Å²) in [5.74, 6) is 1.72. The van der Waals surface area contributed by atoms with Crippen molar-refractivity contribution in [2.24, 2.45) is 0 Å². The van der Waals surface area contributed by atoms with Crippen LogP contribution in [-0.2, 0) is 0 Å². The van der Waals surface area contributed by atoms with Gasteiger partial charge in [0.25, 0.3) is 0 Å². The average molecular weight is 282 g/mol. The Kier molecular flexibility index (Phi) is 8.72. The average Bonchev–Trinajstić information content (AvgIpc) is 2.87. The molecule has 0 atom stereocenters. The highest BCUT2D eigenvalue weighted by Crippen LogP contribution is 2.23. The molecule has 0 aliphatic carbocycles. The van der Waals surface area contributed by atoms with Gasteiger partial charge in [-0.05, 0) is 25.0 Å². The number of Topliss-reactive ketones (excluding diaryl/α,β-unsaturated/α-hetero) is 1. The highest BCUT2D eigenvalue weighted by molar-refractivity contribution is 7.99. The van der Waals surface area contributed by atoms with Crippen molar-refractivity contribution in [2.75, 3.05) is 5.75 Å². The number of hydrogen-bond acceptors (Lipinski definition) is 3. The summed E-state index contributed by atoms with van der Waals surface area (Å²) in [4.78, 5) is 11.6. The summed E-state index contributed by atoms with van der Waals surface area (Å²) >= 11 is 1.72. The highest BCUT2D eigenvalue weighted by atomic mass is 32.2. The molecule has 108 valence electrons. The van der Waals surface area contributed by atoms with Crippen LogP contribution in [0.2, 0.25) is 0 Å². The molecule has 3 heteroatoms. The van der Waals surface area contributed by atoms with Crippen LogP contribution in [0.25, 0.3) is 0 Å². The second kappa shape index (κ2) is 10.1. The molecule has 1 heterocycles. The summed E-state index contributed by atoms with van der Waals surface area (Å²) in [6.07, 6.45) is 9.34. The molecule has 0 radical (unpaired) electrons. The molecule has 0 spiro atoms. The van der Waals surface area contributed by atoms with E-state index >= 15 is 0 Å². The molecule has 1 aromatic heterocycles. The van der Waals surface area contributed by atoms with Crippen LogP contribution in [0.4, 0.5) is 0 Å². The second-order valence-corrected chi connectivity index (χ2v) is 6.01. The summed E-state index contributed by atoms with van der Waals surface area (Å²) in [7, 11) is 0. The van der Waals surface area contributed by atoms with E-state index in [1.165, 1.54) is 38.5 Å². The van der Waals surface area contributed by atoms with Gasteiger partial charge in [0.05, 0.1) is 0 Å². The van der Waals surface area contributed by atoms with E-state index in [-0.39, 0.29) is 5.78 Å². The lowest BCUT2D eigenvalue weighted by atomic mass is 10.1. The third-order valence-electron chi connectivity index (χ3n) is 3.08. The number of furan rings is 1. The number of unbranched alkanes of at least 4 members (excludes halogenated alkanes) is 5. The predicted molar refractivity (Wildman–Crippen MR) is 82.0 cm³/mol. The summed E-state index contributed by atoms with van der Waals surface area (Å²) < 4.78 is 5.56. The maximum Gasteiger partial charge on any atom is 0.198 e. The van der Waals surface area contributed by atoms with E-state index in [9.17, 15) is 4.79 Å². The van der Waals surface area contributed by atoms with Crippen molar-refractivity contribution in [1.82, 2.24) is 0 Å². The molecule has 2 nitrogen and oxygen atoms in total. The highest BCUT2D eigenvalue weighted by Gasteiger charge is 2.10. The van der Waals surface area contributed by atoms with Crippen LogP contribution < -0.4 is 0 Å². The van der Waals surface area contributed by atoms with Crippen molar-refractivity contribution in [3.05, 3.63) is 17.9 Å². The van der Waals surface area contributed by atoms with Crippen molar-refractivity contribution < 1.29 is 9.21 Å². The molecule has 0 fully saturated rings. The summed E-state index contributed by atoms with van der Waals surface area (Å²) in [5.41, 5.74) is 0. The smallest absolute Gasteiger partial charge is 0.198 e. The predicted octanol–water partition coefficient (Wildman–Crippen LogP) is 5.72. The lowest BCUT2D eigenvalue weighted by molar-refractivity contribution is 0.0950. The third-order valence-corrected chi connectivity index (χ3v) is 4.07. The zero-order valence-corrected chi connectivity index (χ0v) is 13.1. The van der Waals surface area contributed by atoms with Crippen LogP contribution in [0.15, 0.2) is 21.6 Å². The van der Waals surface area contributed by atoms with E-state index in [2.05, 4.69) is 6.92 Å². The minimum absolute atomic E-state index is 0.119. The Balaban J connectivity index is 2.14. The van der Waals surface area contributed by atoms with Gasteiger partial charge in [0.15, 0.2) is 16.6 Å². The fraction of sp³-hybridized carbons (Fsp3) is 0.688. The van der Waals surface area contributed by atoms with E-state index in [0.717, 1.165) is 17.3 Å². The van der Waals surface area contributed by atoms with Crippen molar-refractivity contribution in [3.63, 3.8) is 0 Å². The summed E-state index contributed by atoms with van der Waals surface area (Å²) in [5, 5.41) is 0.882. The topological polar surface area (TPSA) is 30.2 Å². The molecule has 0 aliphatic rings. The minimum Gasteiger partial charge on any atom is -0.447 e. The van der Waals surface area contributed by atoms with Crippen LogP contribution in [-0.4, -0.2) is 11.5 Å². The van der Waals surface area contributed by atoms with Crippen LogP contribution >= 0.6 is 11.8 Å². The number of carbonyl (C=O) groups excluding carboxylic acids is 1. The Morgan fingerprint density at radius 1 is 1.05 bits per heavy atom. The minimum atomic E-state index is 0.119. The molecule has 1 rings (SSSR count). The lowest BCUT2D eigenvalue weighted by Crippen LogP contribution is -1.94. The third kappa shape index (κ3) is 6.86. The molecule has 0 aliphatic heterocycles. The fourth-order valence-corrected chi connectivity index (χ4v) is 2.82. The van der Waals surface area contributed by atoms with Gasteiger partial charge in [-0.1, -0.05) is 57.7 Å². The molecule has 0 amide bonds. The number of carbonyl (C=O) groups is 1. The molecule has 0 aromatic carbocycles. The molecule has 19 heavy (non-hydrogen) atoms. The van der Waals surface area contributed by atoms with Gasteiger partial charge in [-0.3, -0.25) is 4.79 Å². The van der Waals surface area contributed by atoms with Crippen molar-refractivity contribution in [1.29, 1.82) is 0 Å². The number of ketones is 1. The Morgan fingerprint density at radius 3 is 2.53 bits per heavy atom. The summed E-state index contributed by atoms with van der Waals surface area (Å²) in [6, 6.07) is 3.73. The van der Waals surface area contributed by atoms with Crippen molar-refractivity contribution >= 4 is 17.5 Å². The number of thioether (sulfide) groups is 1. The van der Waals surface area contributed by atoms with Gasteiger partial charge in [0, 0.05) is 12.2 Å². The van der Waals surface area contributed by atoms with E-state index in [0.29, 0.717) is 12.2 Å². The van der Waals surface area contributed by atoms with Crippen molar-refractivity contribution in [2.45, 2.75) is 70.3 Å². The molecule has 0 saturated heterocycles. The van der Waals surface area contributed by atoms with E-state index in [4.69, 9.17) is 4.42 Å². The Hall–Kier alpha value is -0.700. The van der Waals surface area contributed by atoms with Gasteiger partial charge in [-0.15, -0.1) is 0 Å². The van der Waals surface area contributed by atoms with E-state index in [1.54, 1.807) is 11.8 Å². The van der Waals surface area contributed by atoms with Crippen LogP contribution in [0, 0.1) is 0 Å². The standard InChI is InChI=1S/C16H26O2S/c1-3-5-6-7-8-9-13-19-16-12-11-15(18-16)14(17)10-4-2/h11-12H,3-10,13H2,1-2H3. The molecule has 0 saturated carbocycles. The quantitative estimate of drug-likeness (QED) is 0.295. The largest absolute Gasteiger partial charge is 0.447 e. The number of rotatable bonds is 11. The zero-order chi connectivity index (χ0) is 13.9. The Bertz CT molecular complexity index is 357. The van der Waals surface area contributed by atoms with Gasteiger partial charge in [0.2, 0.25) is 0 Å². The molecule has 0 unspecified atom stereocenters. The fourth-order valence-electron chi connectivity index (χ4n) is 1.95. The monoisotopic (exact) mass is 282 g/mol. The maximum atomic E-state index is 11.6. The van der Waals surface area contributed by atoms with Gasteiger partial charge < -0.3 is 4.42 Å². The molecular weight excluding hydrogens is 256 g/mol. The van der Waals surface area contributed by atoms with E-state index < -0.39 is 0 Å². The number of hydrogen-bond donors (Lipinski definition) is 0. The van der Waals surface area contributed by atoms with Crippen LogP contribution in [0.5, 0.6) is 0 Å². The normalized spacial score (nSPS) is 10.8. The first-order valence-corrected chi connectivity index (χ1v) is 8.52. The first-order chi connectivity index (χ1) is 9.27. The second-order valence-electron chi connectivity index (χ2n) is 4.91. The first kappa shape index (κ1) is 16.4. The van der Waals surface area contributed by atoms with Gasteiger partial charge >= 0.3 is 0 Å². The molecule has 0 bridgehead atoms. The lowest BCUT2D eigenvalue weighted by Gasteiger charge is -2.00. The Morgan fingerprint density at radius 2 is 1.79 bits per heavy atom. The van der Waals surface area contributed by atoms with Crippen LogP contribution in [0.3, 0.4) is 0 Å². The first-order valence-electron chi connectivity index (χ1n) is 7.53. The van der Waals surface area contributed by atoms with Gasteiger partial charge in [-0.2, -0.15) is 0 Å². The van der Waals surface area contributed by atoms with E-state index in [1.807, 2.05) is 19.1 Å². The van der Waals surface area contributed by atoms with Gasteiger partial charge in [0.1, 0.15) is 0 Å². The van der Waals surface area contributed by atoms with Crippen LogP contribution in [0.1, 0.15) is 75.8 Å². The van der Waals surface area contributed by atoms with Crippen molar-refractivity contribution in [3.8, 4) is 0 Å². The molecular formula is C16H26O2S. The van der Waals surface area contributed by atoms with Gasteiger partial charge in [-0.25, -0.2) is 0 Å². The summed E-state index contributed by atoms with van der Waals surface area (Å²) in [6.45, 7) is 4.25. The zero-order valence-electron chi connectivity index (χ0n) is 12.2. The SMILES string of the molecule is CCCCCCCCSc1ccc(C(=O)CCC)o1.